The second-order valence-corrected chi connectivity index (χ2v) is 6.72. The van der Waals surface area contributed by atoms with Crippen LogP contribution in [0, 0.1) is 0 Å². The van der Waals surface area contributed by atoms with Crippen LogP contribution in [0.1, 0.15) is 17.8 Å². The molecule has 0 unspecified atom stereocenters. The van der Waals surface area contributed by atoms with Crippen molar-refractivity contribution in [2.24, 2.45) is 0 Å². The first-order chi connectivity index (χ1) is 13.5. The fourth-order valence-electron chi connectivity index (χ4n) is 2.62. The average Bonchev–Trinajstić information content (AvgIpc) is 3.31. The van der Waals surface area contributed by atoms with E-state index in [2.05, 4.69) is 25.3 Å². The normalized spacial score (nSPS) is 11.3. The lowest BCUT2D eigenvalue weighted by Gasteiger charge is -2.04. The van der Waals surface area contributed by atoms with E-state index >= 15 is 0 Å². The van der Waals surface area contributed by atoms with E-state index in [1.54, 1.807) is 36.5 Å². The minimum atomic E-state index is -2.60. The van der Waals surface area contributed by atoms with Crippen LogP contribution >= 0.6 is 23.2 Å². The molecule has 0 saturated heterocycles. The van der Waals surface area contributed by atoms with Crippen molar-refractivity contribution in [1.29, 1.82) is 0 Å². The molecule has 0 aliphatic heterocycles. The van der Waals surface area contributed by atoms with Crippen LogP contribution in [-0.4, -0.2) is 29.9 Å². The average molecular weight is 421 g/mol. The number of imidazole rings is 1. The predicted octanol–water partition coefficient (Wildman–Crippen LogP) is 5.02. The van der Waals surface area contributed by atoms with E-state index in [0.717, 1.165) is 11.8 Å². The summed E-state index contributed by atoms with van der Waals surface area (Å²) in [5.41, 5.74) is 2.33. The molecule has 6 nitrogen and oxygen atoms in total. The number of pyridine rings is 1. The Hall–Kier alpha value is -2.84. The van der Waals surface area contributed by atoms with Gasteiger partial charge in [0.2, 0.25) is 0 Å². The highest BCUT2D eigenvalue weighted by atomic mass is 35.5. The molecule has 0 bridgehead atoms. The number of alkyl halides is 2. The zero-order valence-electron chi connectivity index (χ0n) is 14.2. The summed E-state index contributed by atoms with van der Waals surface area (Å²) in [7, 11) is 0. The number of halogens is 4. The standard InChI is InChI=1S/C18H12Cl2F2N6/c19-12-3-1-2-10(6-12)15-16(20)28(27-26-15)9-13-5-4-11(7-23-13)18-24-8-14(25-18)17(21)22/h1-8,17H,9H2,(H,24,25). The Bertz CT molecular complexity index is 1110. The molecule has 1 N–H and O–H groups in total. The molecule has 142 valence electrons. The molecule has 0 fully saturated rings. The minimum absolute atomic E-state index is 0.234. The molecule has 0 aliphatic rings. The van der Waals surface area contributed by atoms with E-state index in [1.165, 1.54) is 4.68 Å². The van der Waals surface area contributed by atoms with Crippen LogP contribution in [0.5, 0.6) is 0 Å². The van der Waals surface area contributed by atoms with Crippen molar-refractivity contribution >= 4 is 23.2 Å². The Labute approximate surface area is 168 Å². The van der Waals surface area contributed by atoms with Gasteiger partial charge in [-0.1, -0.05) is 40.5 Å². The molecule has 3 heterocycles. The van der Waals surface area contributed by atoms with Gasteiger partial charge in [0.25, 0.3) is 6.43 Å². The quantitative estimate of drug-likeness (QED) is 0.491. The fourth-order valence-corrected chi connectivity index (χ4v) is 3.05. The van der Waals surface area contributed by atoms with Crippen LogP contribution in [0.4, 0.5) is 8.78 Å². The maximum absolute atomic E-state index is 12.7. The highest BCUT2D eigenvalue weighted by Gasteiger charge is 2.15. The van der Waals surface area contributed by atoms with Crippen molar-refractivity contribution in [3.63, 3.8) is 0 Å². The van der Waals surface area contributed by atoms with Crippen LogP contribution in [-0.2, 0) is 6.54 Å². The van der Waals surface area contributed by atoms with E-state index in [-0.39, 0.29) is 5.69 Å². The molecular formula is C18H12Cl2F2N6. The van der Waals surface area contributed by atoms with Gasteiger partial charge in [0.1, 0.15) is 17.2 Å². The highest BCUT2D eigenvalue weighted by molar-refractivity contribution is 6.32. The third-order valence-corrected chi connectivity index (χ3v) is 4.62. The van der Waals surface area contributed by atoms with E-state index in [0.29, 0.717) is 39.5 Å². The predicted molar refractivity (Wildman–Crippen MR) is 101 cm³/mol. The lowest BCUT2D eigenvalue weighted by atomic mass is 10.2. The van der Waals surface area contributed by atoms with Crippen molar-refractivity contribution < 1.29 is 8.78 Å². The Morgan fingerprint density at radius 2 is 1.89 bits per heavy atom. The van der Waals surface area contributed by atoms with Crippen LogP contribution in [0.25, 0.3) is 22.6 Å². The third-order valence-electron chi connectivity index (χ3n) is 4.01. The summed E-state index contributed by atoms with van der Waals surface area (Å²) >= 11 is 12.4. The van der Waals surface area contributed by atoms with Crippen LogP contribution in [0.15, 0.2) is 48.8 Å². The van der Waals surface area contributed by atoms with Gasteiger partial charge in [-0.25, -0.2) is 18.4 Å². The van der Waals surface area contributed by atoms with Gasteiger partial charge in [-0.05, 0) is 24.3 Å². The topological polar surface area (TPSA) is 72.3 Å². The van der Waals surface area contributed by atoms with Crippen molar-refractivity contribution in [2.75, 3.05) is 0 Å². The smallest absolute Gasteiger partial charge is 0.279 e. The molecule has 1 aromatic carbocycles. The van der Waals surface area contributed by atoms with Gasteiger partial charge in [0.05, 0.1) is 18.4 Å². The van der Waals surface area contributed by atoms with Crippen LogP contribution in [0.3, 0.4) is 0 Å². The Morgan fingerprint density at radius 3 is 2.57 bits per heavy atom. The maximum atomic E-state index is 12.7. The lowest BCUT2D eigenvalue weighted by molar-refractivity contribution is 0.146. The zero-order chi connectivity index (χ0) is 19.7. The van der Waals surface area contributed by atoms with Crippen molar-refractivity contribution in [3.05, 3.63) is 70.4 Å². The summed E-state index contributed by atoms with van der Waals surface area (Å²) in [5.74, 6) is 0.330. The number of hydrogen-bond acceptors (Lipinski definition) is 4. The molecular weight excluding hydrogens is 409 g/mol. The molecule has 0 radical (unpaired) electrons. The summed E-state index contributed by atoms with van der Waals surface area (Å²) in [6, 6.07) is 10.7. The number of aromatic nitrogens is 6. The molecule has 0 aliphatic carbocycles. The number of hydrogen-bond donors (Lipinski definition) is 1. The van der Waals surface area contributed by atoms with E-state index in [9.17, 15) is 8.78 Å². The highest BCUT2D eigenvalue weighted by Crippen LogP contribution is 2.28. The first-order valence-electron chi connectivity index (χ1n) is 8.14. The van der Waals surface area contributed by atoms with Crippen LogP contribution < -0.4 is 0 Å². The van der Waals surface area contributed by atoms with Gasteiger partial charge in [-0.15, -0.1) is 5.10 Å². The van der Waals surface area contributed by atoms with Gasteiger partial charge in [-0.2, -0.15) is 0 Å². The van der Waals surface area contributed by atoms with Crippen LogP contribution in [0.2, 0.25) is 10.2 Å². The summed E-state index contributed by atoms with van der Waals surface area (Å²) in [6.07, 6.45) is 0.0590. The molecule has 0 amide bonds. The first-order valence-corrected chi connectivity index (χ1v) is 8.90. The molecule has 4 aromatic rings. The minimum Gasteiger partial charge on any atom is -0.337 e. The SMILES string of the molecule is FC(F)c1cnc(-c2ccc(Cn3nnc(-c4cccc(Cl)c4)c3Cl)nc2)[nH]1. The largest absolute Gasteiger partial charge is 0.337 e. The summed E-state index contributed by atoms with van der Waals surface area (Å²) in [4.78, 5) is 10.8. The summed E-state index contributed by atoms with van der Waals surface area (Å²) in [5, 5.41) is 9.13. The van der Waals surface area contributed by atoms with Gasteiger partial charge in [0, 0.05) is 22.3 Å². The zero-order valence-corrected chi connectivity index (χ0v) is 15.7. The Kier molecular flexibility index (Phi) is 5.06. The molecule has 10 heteroatoms. The second-order valence-electron chi connectivity index (χ2n) is 5.92. The number of nitrogens with zero attached hydrogens (tertiary/aromatic N) is 5. The van der Waals surface area contributed by atoms with E-state index in [4.69, 9.17) is 23.2 Å². The second kappa shape index (κ2) is 7.65. The van der Waals surface area contributed by atoms with E-state index in [1.807, 2.05) is 6.07 Å². The third kappa shape index (κ3) is 3.74. The lowest BCUT2D eigenvalue weighted by Crippen LogP contribution is -2.04. The van der Waals surface area contributed by atoms with Gasteiger partial charge < -0.3 is 4.98 Å². The Balaban J connectivity index is 1.53. The molecule has 0 saturated carbocycles. The van der Waals surface area contributed by atoms with Gasteiger partial charge in [-0.3, -0.25) is 4.98 Å². The molecule has 0 atom stereocenters. The van der Waals surface area contributed by atoms with Gasteiger partial charge >= 0.3 is 0 Å². The first kappa shape index (κ1) is 18.5. The van der Waals surface area contributed by atoms with Gasteiger partial charge in [0.15, 0.2) is 5.15 Å². The molecule has 0 spiro atoms. The Morgan fingerprint density at radius 1 is 1.04 bits per heavy atom. The van der Waals surface area contributed by atoms with E-state index < -0.39 is 6.43 Å². The molecule has 28 heavy (non-hydrogen) atoms. The maximum Gasteiger partial charge on any atom is 0.279 e. The number of nitrogens with one attached hydrogen (secondary N) is 1. The fraction of sp³-hybridized carbons (Fsp3) is 0.111. The van der Waals surface area contributed by atoms with Crippen molar-refractivity contribution in [1.82, 2.24) is 29.9 Å². The van der Waals surface area contributed by atoms with Crippen molar-refractivity contribution in [3.8, 4) is 22.6 Å². The molecule has 3 aromatic heterocycles. The monoisotopic (exact) mass is 420 g/mol. The molecule has 4 rings (SSSR count). The number of H-pyrrole nitrogens is 1. The summed E-state index contributed by atoms with van der Waals surface area (Å²) < 4.78 is 26.8. The number of benzene rings is 1. The number of rotatable bonds is 5. The summed E-state index contributed by atoms with van der Waals surface area (Å²) in [6.45, 7) is 0.299. The number of aromatic amines is 1. The van der Waals surface area contributed by atoms with Crippen molar-refractivity contribution in [2.45, 2.75) is 13.0 Å².